The van der Waals surface area contributed by atoms with Crippen LogP contribution in [0.3, 0.4) is 0 Å². The first kappa shape index (κ1) is 15.5. The summed E-state index contributed by atoms with van der Waals surface area (Å²) in [6.45, 7) is 2.68. The van der Waals surface area contributed by atoms with E-state index in [4.69, 9.17) is 0 Å². The van der Waals surface area contributed by atoms with Gasteiger partial charge in [0.05, 0.1) is 4.90 Å². The van der Waals surface area contributed by atoms with Gasteiger partial charge in [-0.1, -0.05) is 12.5 Å². The van der Waals surface area contributed by atoms with Crippen molar-refractivity contribution >= 4 is 15.9 Å². The van der Waals surface area contributed by atoms with Crippen molar-refractivity contribution in [3.63, 3.8) is 0 Å². The first-order valence-corrected chi connectivity index (χ1v) is 9.42. The Morgan fingerprint density at radius 1 is 0.909 bits per heavy atom. The van der Waals surface area contributed by atoms with Gasteiger partial charge >= 0.3 is 0 Å². The zero-order chi connectivity index (χ0) is 15.6. The molecule has 1 amide bonds. The van der Waals surface area contributed by atoms with E-state index < -0.39 is 10.0 Å². The van der Waals surface area contributed by atoms with Crippen LogP contribution in [-0.4, -0.2) is 49.7 Å². The van der Waals surface area contributed by atoms with Crippen molar-refractivity contribution in [2.45, 2.75) is 37.0 Å². The number of carbonyl (C=O) groups excluding carboxylic acids is 1. The normalized spacial score (nSPS) is 20.3. The molecular formula is C16H22N2O3S. The van der Waals surface area contributed by atoms with Gasteiger partial charge in [0, 0.05) is 31.7 Å². The van der Waals surface area contributed by atoms with Crippen LogP contribution in [0.5, 0.6) is 0 Å². The third kappa shape index (κ3) is 3.03. The fourth-order valence-corrected chi connectivity index (χ4v) is 4.71. The van der Waals surface area contributed by atoms with Crippen molar-refractivity contribution in [2.24, 2.45) is 0 Å². The molecule has 6 heteroatoms. The van der Waals surface area contributed by atoms with Gasteiger partial charge in [0.15, 0.2) is 0 Å². The quantitative estimate of drug-likeness (QED) is 0.856. The topological polar surface area (TPSA) is 57.7 Å². The second-order valence-corrected chi connectivity index (χ2v) is 7.93. The third-order valence-electron chi connectivity index (χ3n) is 4.43. The highest BCUT2D eigenvalue weighted by molar-refractivity contribution is 7.89. The highest BCUT2D eigenvalue weighted by Gasteiger charge is 2.27. The number of likely N-dealkylation sites (tertiary alicyclic amines) is 1. The molecule has 22 heavy (non-hydrogen) atoms. The number of sulfonamides is 1. The average Bonchev–Trinajstić information content (AvgIpc) is 3.09. The van der Waals surface area contributed by atoms with Crippen molar-refractivity contribution in [2.75, 3.05) is 26.2 Å². The molecule has 0 saturated carbocycles. The van der Waals surface area contributed by atoms with Crippen LogP contribution >= 0.6 is 0 Å². The number of amides is 1. The Balaban J connectivity index is 1.85. The van der Waals surface area contributed by atoms with Gasteiger partial charge < -0.3 is 4.90 Å². The molecule has 120 valence electrons. The predicted octanol–water partition coefficient (Wildman–Crippen LogP) is 2.10. The van der Waals surface area contributed by atoms with Gasteiger partial charge in [-0.3, -0.25) is 4.79 Å². The highest BCUT2D eigenvalue weighted by Crippen LogP contribution is 2.22. The molecule has 2 aliphatic heterocycles. The van der Waals surface area contributed by atoms with Crippen LogP contribution in [0.4, 0.5) is 0 Å². The molecule has 0 atom stereocenters. The molecule has 0 unspecified atom stereocenters. The number of piperidine rings is 1. The lowest BCUT2D eigenvalue weighted by Gasteiger charge is -2.26. The van der Waals surface area contributed by atoms with E-state index >= 15 is 0 Å². The predicted molar refractivity (Wildman–Crippen MR) is 84.2 cm³/mol. The molecule has 1 aromatic carbocycles. The molecule has 1 aromatic rings. The largest absolute Gasteiger partial charge is 0.339 e. The lowest BCUT2D eigenvalue weighted by atomic mass is 10.2. The Hall–Kier alpha value is -1.40. The standard InChI is InChI=1S/C16H22N2O3S/c19-16(17-9-4-5-10-17)14-7-6-8-15(13-14)22(20,21)18-11-2-1-3-12-18/h6-8,13H,1-5,9-12H2. The van der Waals surface area contributed by atoms with Gasteiger partial charge in [-0.15, -0.1) is 0 Å². The fourth-order valence-electron chi connectivity index (χ4n) is 3.15. The van der Waals surface area contributed by atoms with Crippen molar-refractivity contribution in [1.82, 2.24) is 9.21 Å². The maximum absolute atomic E-state index is 12.7. The minimum atomic E-state index is -3.48. The summed E-state index contributed by atoms with van der Waals surface area (Å²) >= 11 is 0. The minimum Gasteiger partial charge on any atom is -0.339 e. The molecule has 2 fully saturated rings. The van der Waals surface area contributed by atoms with Crippen LogP contribution in [-0.2, 0) is 10.0 Å². The Labute approximate surface area is 132 Å². The van der Waals surface area contributed by atoms with Gasteiger partial charge in [-0.2, -0.15) is 4.31 Å². The molecule has 0 radical (unpaired) electrons. The Morgan fingerprint density at radius 2 is 1.55 bits per heavy atom. The molecule has 0 spiro atoms. The number of hydrogen-bond acceptors (Lipinski definition) is 3. The van der Waals surface area contributed by atoms with Crippen LogP contribution in [0.2, 0.25) is 0 Å². The van der Waals surface area contributed by atoms with Crippen LogP contribution in [0, 0.1) is 0 Å². The number of nitrogens with zero attached hydrogens (tertiary/aromatic N) is 2. The fraction of sp³-hybridized carbons (Fsp3) is 0.562. The molecule has 0 aliphatic carbocycles. The number of hydrogen-bond donors (Lipinski definition) is 0. The van der Waals surface area contributed by atoms with E-state index in [9.17, 15) is 13.2 Å². The lowest BCUT2D eigenvalue weighted by Crippen LogP contribution is -2.35. The SMILES string of the molecule is O=C(c1cccc(S(=O)(=O)N2CCCCC2)c1)N1CCCC1. The second kappa shape index (κ2) is 6.38. The van der Waals surface area contributed by atoms with Crippen LogP contribution in [0.25, 0.3) is 0 Å². The first-order chi connectivity index (χ1) is 10.6. The lowest BCUT2D eigenvalue weighted by molar-refractivity contribution is 0.0792. The number of rotatable bonds is 3. The van der Waals surface area contributed by atoms with Gasteiger partial charge in [0.25, 0.3) is 5.91 Å². The second-order valence-electron chi connectivity index (χ2n) is 5.99. The van der Waals surface area contributed by atoms with Crippen LogP contribution in [0.1, 0.15) is 42.5 Å². The van der Waals surface area contributed by atoms with Gasteiger partial charge in [0.2, 0.25) is 10.0 Å². The average molecular weight is 322 g/mol. The zero-order valence-corrected chi connectivity index (χ0v) is 13.5. The molecule has 0 N–H and O–H groups in total. The molecular weight excluding hydrogens is 300 g/mol. The van der Waals surface area contributed by atoms with E-state index in [1.165, 1.54) is 10.4 Å². The Bertz CT molecular complexity index is 645. The smallest absolute Gasteiger partial charge is 0.253 e. The third-order valence-corrected chi connectivity index (χ3v) is 6.32. The van der Waals surface area contributed by atoms with E-state index in [0.29, 0.717) is 18.7 Å². The summed E-state index contributed by atoms with van der Waals surface area (Å²) in [6.07, 6.45) is 4.95. The Kier molecular flexibility index (Phi) is 4.49. The molecule has 5 nitrogen and oxygen atoms in total. The van der Waals surface area contributed by atoms with Gasteiger partial charge in [-0.25, -0.2) is 8.42 Å². The molecule has 0 aromatic heterocycles. The molecule has 3 rings (SSSR count). The van der Waals surface area contributed by atoms with Crippen LogP contribution < -0.4 is 0 Å². The summed E-state index contributed by atoms with van der Waals surface area (Å²) in [6, 6.07) is 6.49. The molecule has 2 aliphatic rings. The summed E-state index contributed by atoms with van der Waals surface area (Å²) in [7, 11) is -3.48. The highest BCUT2D eigenvalue weighted by atomic mass is 32.2. The maximum atomic E-state index is 12.7. The van der Waals surface area contributed by atoms with Crippen molar-refractivity contribution in [3.05, 3.63) is 29.8 Å². The van der Waals surface area contributed by atoms with E-state index in [2.05, 4.69) is 0 Å². The molecule has 2 heterocycles. The van der Waals surface area contributed by atoms with E-state index in [0.717, 1.165) is 45.2 Å². The monoisotopic (exact) mass is 322 g/mol. The van der Waals surface area contributed by atoms with Crippen molar-refractivity contribution in [1.29, 1.82) is 0 Å². The summed E-state index contributed by atoms with van der Waals surface area (Å²) in [5.41, 5.74) is 0.472. The van der Waals surface area contributed by atoms with E-state index in [1.54, 1.807) is 23.1 Å². The molecule has 2 saturated heterocycles. The first-order valence-electron chi connectivity index (χ1n) is 7.98. The Morgan fingerprint density at radius 3 is 2.23 bits per heavy atom. The zero-order valence-electron chi connectivity index (χ0n) is 12.7. The van der Waals surface area contributed by atoms with E-state index in [1.807, 2.05) is 0 Å². The maximum Gasteiger partial charge on any atom is 0.253 e. The number of carbonyl (C=O) groups is 1. The molecule has 0 bridgehead atoms. The summed E-state index contributed by atoms with van der Waals surface area (Å²) < 4.78 is 26.9. The van der Waals surface area contributed by atoms with Gasteiger partial charge in [0.1, 0.15) is 0 Å². The van der Waals surface area contributed by atoms with Crippen LogP contribution in [0.15, 0.2) is 29.2 Å². The summed E-state index contributed by atoms with van der Waals surface area (Å²) in [5, 5.41) is 0. The minimum absolute atomic E-state index is 0.0619. The summed E-state index contributed by atoms with van der Waals surface area (Å²) in [4.78, 5) is 14.5. The number of benzene rings is 1. The van der Waals surface area contributed by atoms with E-state index in [-0.39, 0.29) is 10.8 Å². The summed E-state index contributed by atoms with van der Waals surface area (Å²) in [5.74, 6) is -0.0619. The van der Waals surface area contributed by atoms with Gasteiger partial charge in [-0.05, 0) is 43.9 Å². The van der Waals surface area contributed by atoms with Crippen molar-refractivity contribution < 1.29 is 13.2 Å². The van der Waals surface area contributed by atoms with Crippen molar-refractivity contribution in [3.8, 4) is 0 Å².